The number of methoxy groups -OCH3 is 1. The topological polar surface area (TPSA) is 84.9 Å². The Balaban J connectivity index is 1.89. The maximum atomic E-state index is 12.9. The SMILES string of the molecule is CCNC(=O)COc1ccc(C=C2C(=O)c3c(O)ccc(C)c3C2C)cc1OC. The van der Waals surface area contributed by atoms with Gasteiger partial charge in [-0.3, -0.25) is 9.59 Å². The second-order valence-electron chi connectivity index (χ2n) is 6.99. The van der Waals surface area contributed by atoms with E-state index in [2.05, 4.69) is 5.32 Å². The van der Waals surface area contributed by atoms with Crippen molar-refractivity contribution in [1.29, 1.82) is 0 Å². The van der Waals surface area contributed by atoms with Crippen LogP contribution in [-0.4, -0.2) is 37.1 Å². The predicted molar refractivity (Wildman–Crippen MR) is 111 cm³/mol. The van der Waals surface area contributed by atoms with E-state index < -0.39 is 0 Å². The highest BCUT2D eigenvalue weighted by atomic mass is 16.5. The summed E-state index contributed by atoms with van der Waals surface area (Å²) in [6.07, 6.45) is 1.81. The van der Waals surface area contributed by atoms with E-state index >= 15 is 0 Å². The van der Waals surface area contributed by atoms with Crippen LogP contribution in [-0.2, 0) is 4.79 Å². The Morgan fingerprint density at radius 1 is 1.24 bits per heavy atom. The van der Waals surface area contributed by atoms with Crippen molar-refractivity contribution in [2.75, 3.05) is 20.3 Å². The first-order valence-corrected chi connectivity index (χ1v) is 9.53. The minimum absolute atomic E-state index is 0.0116. The molecule has 0 bridgehead atoms. The number of hydrogen-bond acceptors (Lipinski definition) is 5. The van der Waals surface area contributed by atoms with E-state index in [4.69, 9.17) is 9.47 Å². The van der Waals surface area contributed by atoms with Crippen LogP contribution >= 0.6 is 0 Å². The van der Waals surface area contributed by atoms with Crippen LogP contribution in [0.25, 0.3) is 6.08 Å². The van der Waals surface area contributed by atoms with Crippen LogP contribution in [0.5, 0.6) is 17.2 Å². The molecule has 1 aliphatic rings. The van der Waals surface area contributed by atoms with Crippen molar-refractivity contribution in [2.45, 2.75) is 26.7 Å². The molecular weight excluding hydrogens is 370 g/mol. The van der Waals surface area contributed by atoms with Gasteiger partial charge in [-0.15, -0.1) is 0 Å². The summed E-state index contributed by atoms with van der Waals surface area (Å²) in [7, 11) is 1.52. The molecule has 152 valence electrons. The van der Waals surface area contributed by atoms with Crippen molar-refractivity contribution < 1.29 is 24.2 Å². The van der Waals surface area contributed by atoms with E-state index in [0.29, 0.717) is 29.2 Å². The Labute approximate surface area is 170 Å². The molecule has 1 atom stereocenters. The third kappa shape index (κ3) is 3.97. The number of phenolic OH excluding ortho intramolecular Hbond substituents is 1. The summed E-state index contributed by atoms with van der Waals surface area (Å²) in [6, 6.07) is 8.66. The van der Waals surface area contributed by atoms with Gasteiger partial charge in [-0.1, -0.05) is 19.1 Å². The van der Waals surface area contributed by atoms with Crippen LogP contribution in [0.3, 0.4) is 0 Å². The third-order valence-electron chi connectivity index (χ3n) is 5.07. The minimum Gasteiger partial charge on any atom is -0.507 e. The number of aromatic hydroxyl groups is 1. The standard InChI is InChI=1S/C23H25NO5/c1-5-24-20(26)12-29-18-9-7-15(11-19(18)28-4)10-16-14(3)21-13(2)6-8-17(25)22(21)23(16)27/h6-11,14,25H,5,12H2,1-4H3,(H,24,26). The summed E-state index contributed by atoms with van der Waals surface area (Å²) in [6.45, 7) is 6.17. The highest BCUT2D eigenvalue weighted by Gasteiger charge is 2.35. The molecule has 29 heavy (non-hydrogen) atoms. The number of amides is 1. The van der Waals surface area contributed by atoms with Gasteiger partial charge in [-0.05, 0) is 54.8 Å². The zero-order valence-electron chi connectivity index (χ0n) is 17.0. The molecule has 2 N–H and O–H groups in total. The van der Waals surface area contributed by atoms with Crippen LogP contribution in [0.2, 0.25) is 0 Å². The zero-order chi connectivity index (χ0) is 21.1. The predicted octanol–water partition coefficient (Wildman–Crippen LogP) is 3.61. The highest BCUT2D eigenvalue weighted by molar-refractivity contribution is 6.18. The summed E-state index contributed by atoms with van der Waals surface area (Å²) in [5, 5.41) is 12.8. The molecule has 0 spiro atoms. The van der Waals surface area contributed by atoms with Crippen LogP contribution in [0.1, 0.15) is 46.8 Å². The van der Waals surface area contributed by atoms with Crippen molar-refractivity contribution in [3.8, 4) is 17.2 Å². The molecule has 6 nitrogen and oxygen atoms in total. The average molecular weight is 395 g/mol. The molecule has 2 aromatic carbocycles. The molecule has 0 heterocycles. The smallest absolute Gasteiger partial charge is 0.257 e. The molecule has 0 aromatic heterocycles. The number of allylic oxidation sites excluding steroid dienone is 1. The Morgan fingerprint density at radius 2 is 2.00 bits per heavy atom. The van der Waals surface area contributed by atoms with Crippen molar-refractivity contribution in [2.24, 2.45) is 0 Å². The number of ether oxygens (including phenoxy) is 2. The Hall–Kier alpha value is -3.28. The lowest BCUT2D eigenvalue weighted by Gasteiger charge is -2.12. The normalized spacial score (nSPS) is 16.6. The van der Waals surface area contributed by atoms with E-state index in [9.17, 15) is 14.7 Å². The van der Waals surface area contributed by atoms with Gasteiger partial charge in [0.2, 0.25) is 0 Å². The minimum atomic E-state index is -0.209. The van der Waals surface area contributed by atoms with Gasteiger partial charge >= 0.3 is 0 Å². The summed E-state index contributed by atoms with van der Waals surface area (Å²) >= 11 is 0. The van der Waals surface area contributed by atoms with Crippen LogP contribution in [0, 0.1) is 6.92 Å². The fraction of sp³-hybridized carbons (Fsp3) is 0.304. The van der Waals surface area contributed by atoms with Gasteiger partial charge in [0.25, 0.3) is 5.91 Å². The lowest BCUT2D eigenvalue weighted by atomic mass is 9.95. The van der Waals surface area contributed by atoms with Crippen molar-refractivity contribution in [3.05, 3.63) is 58.2 Å². The molecule has 6 heteroatoms. The summed E-state index contributed by atoms with van der Waals surface area (Å²) in [4.78, 5) is 24.5. The van der Waals surface area contributed by atoms with Gasteiger partial charge in [0, 0.05) is 18.0 Å². The number of likely N-dealkylation sites (N-methyl/N-ethyl adjacent to an activating group) is 1. The number of nitrogens with one attached hydrogen (secondary N) is 1. The lowest BCUT2D eigenvalue weighted by Crippen LogP contribution is -2.28. The van der Waals surface area contributed by atoms with Gasteiger partial charge in [-0.25, -0.2) is 0 Å². The van der Waals surface area contributed by atoms with Gasteiger partial charge in [0.15, 0.2) is 23.9 Å². The van der Waals surface area contributed by atoms with Crippen LogP contribution < -0.4 is 14.8 Å². The largest absolute Gasteiger partial charge is 0.507 e. The molecule has 0 fully saturated rings. The molecule has 3 rings (SSSR count). The Kier molecular flexibility index (Phi) is 5.92. The Morgan fingerprint density at radius 3 is 2.66 bits per heavy atom. The number of benzene rings is 2. The Bertz CT molecular complexity index is 993. The molecule has 1 amide bonds. The summed E-state index contributed by atoms with van der Waals surface area (Å²) < 4.78 is 10.9. The van der Waals surface area contributed by atoms with Crippen LogP contribution in [0.15, 0.2) is 35.9 Å². The lowest BCUT2D eigenvalue weighted by molar-refractivity contribution is -0.123. The number of carbonyl (C=O) groups is 2. The van der Waals surface area contributed by atoms with Crippen LogP contribution in [0.4, 0.5) is 0 Å². The highest BCUT2D eigenvalue weighted by Crippen LogP contribution is 2.44. The number of phenols is 1. The average Bonchev–Trinajstić information content (AvgIpc) is 2.95. The van der Waals surface area contributed by atoms with E-state index in [-0.39, 0.29) is 30.0 Å². The van der Waals surface area contributed by atoms with Crippen molar-refractivity contribution in [3.63, 3.8) is 0 Å². The zero-order valence-corrected chi connectivity index (χ0v) is 17.0. The van der Waals surface area contributed by atoms with Gasteiger partial charge < -0.3 is 19.9 Å². The number of hydrogen-bond donors (Lipinski definition) is 2. The first-order valence-electron chi connectivity index (χ1n) is 9.53. The second kappa shape index (κ2) is 8.39. The first-order chi connectivity index (χ1) is 13.9. The fourth-order valence-electron chi connectivity index (χ4n) is 3.66. The molecule has 0 radical (unpaired) electrons. The van der Waals surface area contributed by atoms with E-state index in [1.807, 2.05) is 32.9 Å². The summed E-state index contributed by atoms with van der Waals surface area (Å²) in [5.74, 6) is 0.437. The van der Waals surface area contributed by atoms with E-state index in [1.54, 1.807) is 24.3 Å². The first kappa shape index (κ1) is 20.5. The number of fused-ring (bicyclic) bond motifs is 1. The van der Waals surface area contributed by atoms with Gasteiger partial charge in [-0.2, -0.15) is 0 Å². The molecule has 0 aliphatic heterocycles. The quantitative estimate of drug-likeness (QED) is 0.730. The number of Topliss-reactive ketones (excluding diaryl/α,β-unsaturated/α-hetero) is 1. The molecule has 0 saturated carbocycles. The number of carbonyl (C=O) groups excluding carboxylic acids is 2. The second-order valence-corrected chi connectivity index (χ2v) is 6.99. The maximum Gasteiger partial charge on any atom is 0.257 e. The number of ketones is 1. The third-order valence-corrected chi connectivity index (χ3v) is 5.07. The molecule has 0 saturated heterocycles. The monoisotopic (exact) mass is 395 g/mol. The summed E-state index contributed by atoms with van der Waals surface area (Å²) in [5.41, 5.74) is 3.62. The van der Waals surface area contributed by atoms with Gasteiger partial charge in [0.1, 0.15) is 5.75 Å². The molecule has 1 unspecified atom stereocenters. The van der Waals surface area contributed by atoms with Gasteiger partial charge in [0.05, 0.1) is 12.7 Å². The van der Waals surface area contributed by atoms with E-state index in [1.165, 1.54) is 7.11 Å². The molecular formula is C23H25NO5. The van der Waals surface area contributed by atoms with Crippen molar-refractivity contribution in [1.82, 2.24) is 5.32 Å². The number of rotatable bonds is 6. The van der Waals surface area contributed by atoms with Crippen molar-refractivity contribution >= 4 is 17.8 Å². The molecule has 2 aromatic rings. The molecule has 1 aliphatic carbocycles. The number of aryl methyl sites for hydroxylation is 1. The maximum absolute atomic E-state index is 12.9. The fourth-order valence-corrected chi connectivity index (χ4v) is 3.66. The van der Waals surface area contributed by atoms with E-state index in [0.717, 1.165) is 16.7 Å².